The maximum atomic E-state index is 11.9. The predicted octanol–water partition coefficient (Wildman–Crippen LogP) is 5.33. The lowest BCUT2D eigenvalue weighted by Gasteiger charge is -2.29. The Hall–Kier alpha value is -4.47. The van der Waals surface area contributed by atoms with Gasteiger partial charge in [-0.05, 0) is 68.4 Å². The van der Waals surface area contributed by atoms with E-state index in [1.54, 1.807) is 13.0 Å². The number of benzene rings is 2. The molecule has 10 heteroatoms. The molecule has 0 bridgehead atoms. The zero-order valence-electron chi connectivity index (χ0n) is 24.0. The molecule has 10 nitrogen and oxygen atoms in total. The first-order valence-electron chi connectivity index (χ1n) is 14.1. The number of imidazole rings is 1. The fourth-order valence-electron chi connectivity index (χ4n) is 5.28. The summed E-state index contributed by atoms with van der Waals surface area (Å²) in [6.07, 6.45) is 5.55. The number of hydrogen-bond acceptors (Lipinski definition) is 8. The number of carbonyl (C=O) groups excluding carboxylic acids is 2. The van der Waals surface area contributed by atoms with E-state index in [0.717, 1.165) is 53.5 Å². The highest BCUT2D eigenvalue weighted by Gasteiger charge is 2.23. The number of aromatic nitrogens is 4. The van der Waals surface area contributed by atoms with E-state index in [2.05, 4.69) is 51.5 Å². The van der Waals surface area contributed by atoms with Gasteiger partial charge in [-0.25, -0.2) is 9.78 Å². The number of methoxy groups -OCH3 is 1. The first-order valence-corrected chi connectivity index (χ1v) is 14.1. The van der Waals surface area contributed by atoms with Gasteiger partial charge in [0, 0.05) is 31.6 Å². The molecular formula is C31H37N7O3. The van der Waals surface area contributed by atoms with Crippen molar-refractivity contribution in [2.45, 2.75) is 71.1 Å². The quantitative estimate of drug-likeness (QED) is 0.237. The molecule has 1 saturated carbocycles. The number of nitrogens with zero attached hydrogens (tertiary/aromatic N) is 4. The van der Waals surface area contributed by atoms with Crippen LogP contribution in [0.5, 0.6) is 0 Å². The maximum absolute atomic E-state index is 11.9. The molecule has 1 aliphatic carbocycles. The molecule has 3 N–H and O–H groups in total. The Morgan fingerprint density at radius 1 is 1.00 bits per heavy atom. The molecule has 0 atom stereocenters. The standard InChI is InChI=1S/C31H37N7O3/c1-19(2)38-18-33-27-28(36-31(37-29(27)38)35-26-14-12-25(13-15-26)34-20(3)39)32-17-21-8-10-22(11-9-21)23-6-5-7-24(16-23)30(40)41-4/h5-11,16,18-19,25-26H,12-15,17H2,1-4H3,(H,34,39)(H2,32,35,36,37). The van der Waals surface area contributed by atoms with Crippen LogP contribution in [-0.4, -0.2) is 50.6 Å². The molecule has 1 aliphatic rings. The largest absolute Gasteiger partial charge is 0.465 e. The van der Waals surface area contributed by atoms with Crippen LogP contribution in [0.15, 0.2) is 54.9 Å². The second-order valence-electron chi connectivity index (χ2n) is 10.8. The van der Waals surface area contributed by atoms with Crippen LogP contribution in [0.25, 0.3) is 22.3 Å². The van der Waals surface area contributed by atoms with E-state index in [9.17, 15) is 9.59 Å². The molecule has 0 unspecified atom stereocenters. The number of esters is 1. The number of amides is 1. The fourth-order valence-corrected chi connectivity index (χ4v) is 5.28. The Kier molecular flexibility index (Phi) is 8.47. The smallest absolute Gasteiger partial charge is 0.337 e. The number of carbonyl (C=O) groups is 2. The molecule has 4 aromatic rings. The van der Waals surface area contributed by atoms with E-state index in [1.807, 2.05) is 36.7 Å². The summed E-state index contributed by atoms with van der Waals surface area (Å²) in [5, 5.41) is 10.0. The van der Waals surface area contributed by atoms with Gasteiger partial charge in [0.1, 0.15) is 0 Å². The van der Waals surface area contributed by atoms with Gasteiger partial charge >= 0.3 is 5.97 Å². The van der Waals surface area contributed by atoms with Crippen LogP contribution in [0.2, 0.25) is 0 Å². The summed E-state index contributed by atoms with van der Waals surface area (Å²) >= 11 is 0. The molecule has 1 amide bonds. The van der Waals surface area contributed by atoms with E-state index in [4.69, 9.17) is 14.7 Å². The monoisotopic (exact) mass is 555 g/mol. The topological polar surface area (TPSA) is 123 Å². The third-order valence-corrected chi connectivity index (χ3v) is 7.48. The minimum atomic E-state index is -0.352. The van der Waals surface area contributed by atoms with Crippen molar-refractivity contribution in [2.75, 3.05) is 17.7 Å². The fraction of sp³-hybridized carbons (Fsp3) is 0.387. The number of fused-ring (bicyclic) bond motifs is 1. The highest BCUT2D eigenvalue weighted by atomic mass is 16.5. The van der Waals surface area contributed by atoms with Gasteiger partial charge in [0.25, 0.3) is 0 Å². The molecule has 0 spiro atoms. The molecule has 41 heavy (non-hydrogen) atoms. The van der Waals surface area contributed by atoms with Crippen molar-refractivity contribution in [2.24, 2.45) is 0 Å². The van der Waals surface area contributed by atoms with Crippen molar-refractivity contribution in [3.8, 4) is 11.1 Å². The van der Waals surface area contributed by atoms with E-state index in [0.29, 0.717) is 23.9 Å². The lowest BCUT2D eigenvalue weighted by Crippen LogP contribution is -2.39. The molecular weight excluding hydrogens is 518 g/mol. The lowest BCUT2D eigenvalue weighted by atomic mass is 9.91. The predicted molar refractivity (Wildman–Crippen MR) is 160 cm³/mol. The molecule has 0 saturated heterocycles. The van der Waals surface area contributed by atoms with Crippen molar-refractivity contribution in [1.82, 2.24) is 24.8 Å². The van der Waals surface area contributed by atoms with E-state index < -0.39 is 0 Å². The van der Waals surface area contributed by atoms with Crippen LogP contribution in [-0.2, 0) is 16.1 Å². The number of rotatable bonds is 9. The van der Waals surface area contributed by atoms with E-state index in [1.165, 1.54) is 7.11 Å². The Morgan fingerprint density at radius 2 is 1.73 bits per heavy atom. The number of anilines is 2. The number of hydrogen-bond donors (Lipinski definition) is 3. The zero-order valence-corrected chi connectivity index (χ0v) is 24.0. The summed E-state index contributed by atoms with van der Waals surface area (Å²) in [6.45, 7) is 6.34. The first kappa shape index (κ1) is 28.1. The third-order valence-electron chi connectivity index (χ3n) is 7.48. The zero-order chi connectivity index (χ0) is 28.9. The van der Waals surface area contributed by atoms with Crippen molar-refractivity contribution in [3.05, 3.63) is 66.0 Å². The summed E-state index contributed by atoms with van der Waals surface area (Å²) in [4.78, 5) is 37.6. The summed E-state index contributed by atoms with van der Waals surface area (Å²) < 4.78 is 6.90. The van der Waals surface area contributed by atoms with E-state index in [-0.39, 0.29) is 30.0 Å². The number of nitrogens with one attached hydrogen (secondary N) is 3. The molecule has 5 rings (SSSR count). The van der Waals surface area contributed by atoms with Crippen LogP contribution in [0.1, 0.15) is 68.4 Å². The van der Waals surface area contributed by atoms with Crippen molar-refractivity contribution in [1.29, 1.82) is 0 Å². The van der Waals surface area contributed by atoms with Crippen molar-refractivity contribution >= 4 is 34.8 Å². The Morgan fingerprint density at radius 3 is 2.41 bits per heavy atom. The SMILES string of the molecule is COC(=O)c1cccc(-c2ccc(CNc3nc(NC4CCC(NC(C)=O)CC4)nc4c3ncn4C(C)C)cc2)c1. The van der Waals surface area contributed by atoms with E-state index >= 15 is 0 Å². The average molecular weight is 556 g/mol. The third kappa shape index (κ3) is 6.65. The van der Waals surface area contributed by atoms with Crippen LogP contribution in [0.4, 0.5) is 11.8 Å². The minimum absolute atomic E-state index is 0.0234. The minimum Gasteiger partial charge on any atom is -0.465 e. The highest BCUT2D eigenvalue weighted by Crippen LogP contribution is 2.27. The normalized spacial score (nSPS) is 16.9. The first-order chi connectivity index (χ1) is 19.8. The van der Waals surface area contributed by atoms with Crippen molar-refractivity contribution < 1.29 is 14.3 Å². The second kappa shape index (κ2) is 12.4. The van der Waals surface area contributed by atoms with Gasteiger partial charge in [0.15, 0.2) is 17.0 Å². The Labute approximate surface area is 239 Å². The van der Waals surface area contributed by atoms with Gasteiger partial charge in [0.2, 0.25) is 11.9 Å². The van der Waals surface area contributed by atoms with Gasteiger partial charge < -0.3 is 25.3 Å². The van der Waals surface area contributed by atoms with Gasteiger partial charge in [-0.3, -0.25) is 4.79 Å². The Bertz CT molecular complexity index is 1520. The Balaban J connectivity index is 1.31. The molecule has 0 aliphatic heterocycles. The summed E-state index contributed by atoms with van der Waals surface area (Å²) in [5.74, 6) is 0.926. The summed E-state index contributed by atoms with van der Waals surface area (Å²) in [7, 11) is 1.38. The average Bonchev–Trinajstić information content (AvgIpc) is 3.41. The van der Waals surface area contributed by atoms with Crippen LogP contribution < -0.4 is 16.0 Å². The maximum Gasteiger partial charge on any atom is 0.337 e. The van der Waals surface area contributed by atoms with Crippen molar-refractivity contribution in [3.63, 3.8) is 0 Å². The van der Waals surface area contributed by atoms with Gasteiger partial charge in [-0.1, -0.05) is 36.4 Å². The second-order valence-corrected chi connectivity index (χ2v) is 10.8. The van der Waals surface area contributed by atoms with Gasteiger partial charge in [-0.15, -0.1) is 0 Å². The molecule has 2 aromatic heterocycles. The molecule has 1 fully saturated rings. The van der Waals surface area contributed by atoms with Crippen LogP contribution in [0.3, 0.4) is 0 Å². The summed E-state index contributed by atoms with van der Waals surface area (Å²) in [6, 6.07) is 16.3. The summed E-state index contributed by atoms with van der Waals surface area (Å²) in [5.41, 5.74) is 5.08. The van der Waals surface area contributed by atoms with Gasteiger partial charge in [0.05, 0.1) is 19.0 Å². The van der Waals surface area contributed by atoms with Gasteiger partial charge in [-0.2, -0.15) is 9.97 Å². The number of ether oxygens (including phenoxy) is 1. The highest BCUT2D eigenvalue weighted by molar-refractivity contribution is 5.91. The van der Waals surface area contributed by atoms with Crippen LogP contribution in [0, 0.1) is 0 Å². The van der Waals surface area contributed by atoms with Crippen LogP contribution >= 0.6 is 0 Å². The molecule has 214 valence electrons. The molecule has 0 radical (unpaired) electrons. The molecule has 2 heterocycles. The molecule has 2 aromatic carbocycles. The lowest BCUT2D eigenvalue weighted by molar-refractivity contribution is -0.119.